The van der Waals surface area contributed by atoms with Crippen LogP contribution in [-0.2, 0) is 23.5 Å². The number of benzene rings is 1. The van der Waals surface area contributed by atoms with Crippen LogP contribution in [0.3, 0.4) is 0 Å². The maximum Gasteiger partial charge on any atom is 0.241 e. The van der Waals surface area contributed by atoms with E-state index in [-0.39, 0.29) is 10.6 Å². The molecule has 2 N–H and O–H groups in total. The van der Waals surface area contributed by atoms with E-state index in [1.54, 1.807) is 19.2 Å². The molecule has 2 rings (SSSR count). The molecule has 2 aromatic rings. The number of nitrogens with two attached hydrogens (primary N) is 1. The van der Waals surface area contributed by atoms with Crippen LogP contribution in [0.25, 0.3) is 0 Å². The maximum absolute atomic E-state index is 11.7. The van der Waals surface area contributed by atoms with E-state index in [9.17, 15) is 8.42 Å². The van der Waals surface area contributed by atoms with Gasteiger partial charge in [-0.05, 0) is 24.6 Å². The molecular weight excluding hydrogens is 358 g/mol. The van der Waals surface area contributed by atoms with Crippen molar-refractivity contribution in [3.63, 3.8) is 0 Å². The number of ether oxygens (including phenoxy) is 1. The Hall–Kier alpha value is -1.38. The number of aromatic nitrogens is 2. The molecule has 21 heavy (non-hydrogen) atoms. The van der Waals surface area contributed by atoms with Crippen LogP contribution in [0, 0.1) is 6.92 Å². The third-order valence-electron chi connectivity index (χ3n) is 3.00. The molecule has 0 aliphatic heterocycles. The largest absolute Gasteiger partial charge is 0.491 e. The van der Waals surface area contributed by atoms with Crippen LogP contribution in [0.15, 0.2) is 33.9 Å². The third kappa shape index (κ3) is 3.84. The minimum Gasteiger partial charge on any atom is -0.491 e. The highest BCUT2D eigenvalue weighted by atomic mass is 79.9. The Bertz CT molecular complexity index is 756. The SMILES string of the molecule is Cc1cc(Br)cc(S(N)(=O)=O)c1OCCc1nccn1C. The summed E-state index contributed by atoms with van der Waals surface area (Å²) in [6, 6.07) is 3.23. The van der Waals surface area contributed by atoms with E-state index in [0.717, 1.165) is 5.82 Å². The number of primary sulfonamides is 1. The quantitative estimate of drug-likeness (QED) is 0.864. The van der Waals surface area contributed by atoms with Crippen molar-refractivity contribution in [2.75, 3.05) is 6.61 Å². The number of nitrogens with zero attached hydrogens (tertiary/aromatic N) is 2. The summed E-state index contributed by atoms with van der Waals surface area (Å²) in [5, 5.41) is 5.24. The molecule has 0 bridgehead atoms. The fraction of sp³-hybridized carbons (Fsp3) is 0.308. The van der Waals surface area contributed by atoms with Crippen LogP contribution >= 0.6 is 15.9 Å². The summed E-state index contributed by atoms with van der Waals surface area (Å²) in [4.78, 5) is 4.17. The molecule has 8 heteroatoms. The Labute approximate surface area is 132 Å². The van der Waals surface area contributed by atoms with Gasteiger partial charge in [-0.1, -0.05) is 15.9 Å². The van der Waals surface area contributed by atoms with Gasteiger partial charge in [0.1, 0.15) is 16.5 Å². The Kier molecular flexibility index (Phi) is 4.70. The molecule has 1 aromatic heterocycles. The fourth-order valence-electron chi connectivity index (χ4n) is 1.98. The maximum atomic E-state index is 11.7. The summed E-state index contributed by atoms with van der Waals surface area (Å²) in [7, 11) is -1.95. The third-order valence-corrected chi connectivity index (χ3v) is 4.38. The molecule has 0 saturated carbocycles. The molecule has 0 atom stereocenters. The molecule has 114 valence electrons. The van der Waals surface area contributed by atoms with Crippen LogP contribution in [0.5, 0.6) is 5.75 Å². The highest BCUT2D eigenvalue weighted by Gasteiger charge is 2.18. The lowest BCUT2D eigenvalue weighted by molar-refractivity contribution is 0.307. The van der Waals surface area contributed by atoms with E-state index < -0.39 is 10.0 Å². The van der Waals surface area contributed by atoms with Crippen LogP contribution < -0.4 is 9.88 Å². The van der Waals surface area contributed by atoms with Gasteiger partial charge in [-0.2, -0.15) is 0 Å². The second kappa shape index (κ2) is 6.17. The van der Waals surface area contributed by atoms with Gasteiger partial charge in [-0.15, -0.1) is 0 Å². The van der Waals surface area contributed by atoms with Crippen LogP contribution in [0.4, 0.5) is 0 Å². The monoisotopic (exact) mass is 373 g/mol. The molecular formula is C13H16BrN3O3S. The molecule has 0 spiro atoms. The molecule has 0 unspecified atom stereocenters. The Morgan fingerprint density at radius 1 is 1.43 bits per heavy atom. The van der Waals surface area contributed by atoms with Crippen LogP contribution in [0.2, 0.25) is 0 Å². The first-order valence-electron chi connectivity index (χ1n) is 6.21. The van der Waals surface area contributed by atoms with Gasteiger partial charge in [0, 0.05) is 30.3 Å². The van der Waals surface area contributed by atoms with E-state index in [1.165, 1.54) is 6.07 Å². The number of hydrogen-bond acceptors (Lipinski definition) is 4. The molecule has 0 saturated heterocycles. The first-order valence-corrected chi connectivity index (χ1v) is 8.55. The Morgan fingerprint density at radius 2 is 2.14 bits per heavy atom. The molecule has 0 amide bonds. The molecule has 1 aromatic carbocycles. The molecule has 0 aliphatic rings. The Balaban J connectivity index is 2.22. The van der Waals surface area contributed by atoms with E-state index in [0.29, 0.717) is 23.1 Å². The topological polar surface area (TPSA) is 87.2 Å². The van der Waals surface area contributed by atoms with Crippen molar-refractivity contribution in [2.45, 2.75) is 18.2 Å². The van der Waals surface area contributed by atoms with Crippen molar-refractivity contribution in [1.29, 1.82) is 0 Å². The van der Waals surface area contributed by atoms with E-state index in [1.807, 2.05) is 17.8 Å². The van der Waals surface area contributed by atoms with Crippen molar-refractivity contribution in [1.82, 2.24) is 9.55 Å². The van der Waals surface area contributed by atoms with Crippen LogP contribution in [-0.4, -0.2) is 24.6 Å². The van der Waals surface area contributed by atoms with Gasteiger partial charge in [-0.3, -0.25) is 0 Å². The van der Waals surface area contributed by atoms with Gasteiger partial charge in [0.25, 0.3) is 0 Å². The first-order chi connectivity index (χ1) is 9.79. The summed E-state index contributed by atoms with van der Waals surface area (Å²) in [5.41, 5.74) is 0.702. The Morgan fingerprint density at radius 3 is 2.71 bits per heavy atom. The zero-order valence-corrected chi connectivity index (χ0v) is 14.1. The fourth-order valence-corrected chi connectivity index (χ4v) is 3.47. The zero-order chi connectivity index (χ0) is 15.6. The predicted molar refractivity (Wildman–Crippen MR) is 82.7 cm³/mol. The summed E-state index contributed by atoms with van der Waals surface area (Å²) in [6.07, 6.45) is 4.12. The molecule has 6 nitrogen and oxygen atoms in total. The molecule has 1 heterocycles. The zero-order valence-electron chi connectivity index (χ0n) is 11.7. The lowest BCUT2D eigenvalue weighted by Gasteiger charge is -2.13. The number of hydrogen-bond donors (Lipinski definition) is 1. The van der Waals surface area contributed by atoms with Gasteiger partial charge in [0.15, 0.2) is 0 Å². The average molecular weight is 374 g/mol. The summed E-state index contributed by atoms with van der Waals surface area (Å²) < 4.78 is 31.5. The van der Waals surface area contributed by atoms with Gasteiger partial charge in [-0.25, -0.2) is 18.5 Å². The van der Waals surface area contributed by atoms with Gasteiger partial charge in [0.05, 0.1) is 6.61 Å². The summed E-state index contributed by atoms with van der Waals surface area (Å²) >= 11 is 3.26. The van der Waals surface area contributed by atoms with Gasteiger partial charge >= 0.3 is 0 Å². The molecule has 0 aliphatic carbocycles. The standard InChI is InChI=1S/C13H16BrN3O3S/c1-9-7-10(14)8-11(21(15,18)19)13(9)20-6-3-12-16-4-5-17(12)2/h4-5,7-8H,3,6H2,1-2H3,(H2,15,18,19). The number of rotatable bonds is 5. The molecule has 0 radical (unpaired) electrons. The second-order valence-electron chi connectivity index (χ2n) is 4.65. The lowest BCUT2D eigenvalue weighted by Crippen LogP contribution is -2.16. The minimum absolute atomic E-state index is 0.0192. The summed E-state index contributed by atoms with van der Waals surface area (Å²) in [6.45, 7) is 2.09. The summed E-state index contributed by atoms with van der Waals surface area (Å²) in [5.74, 6) is 1.15. The van der Waals surface area contributed by atoms with Crippen molar-refractivity contribution in [3.05, 3.63) is 40.4 Å². The van der Waals surface area contributed by atoms with E-state index >= 15 is 0 Å². The van der Waals surface area contributed by atoms with Crippen molar-refractivity contribution in [3.8, 4) is 5.75 Å². The highest BCUT2D eigenvalue weighted by Crippen LogP contribution is 2.31. The normalized spacial score (nSPS) is 11.6. The van der Waals surface area contributed by atoms with Gasteiger partial charge in [0.2, 0.25) is 10.0 Å². The van der Waals surface area contributed by atoms with Crippen LogP contribution in [0.1, 0.15) is 11.4 Å². The number of sulfonamides is 1. The van der Waals surface area contributed by atoms with E-state index in [2.05, 4.69) is 20.9 Å². The number of aryl methyl sites for hydroxylation is 2. The second-order valence-corrected chi connectivity index (χ2v) is 7.09. The smallest absolute Gasteiger partial charge is 0.241 e. The lowest BCUT2D eigenvalue weighted by atomic mass is 10.2. The average Bonchev–Trinajstić information content (AvgIpc) is 2.76. The van der Waals surface area contributed by atoms with Crippen molar-refractivity contribution in [2.24, 2.45) is 12.2 Å². The molecule has 0 fully saturated rings. The van der Waals surface area contributed by atoms with E-state index in [4.69, 9.17) is 9.88 Å². The minimum atomic E-state index is -3.85. The number of imidazole rings is 1. The van der Waals surface area contributed by atoms with Crippen molar-refractivity contribution < 1.29 is 13.2 Å². The number of halogens is 1. The first kappa shape index (κ1) is 16.0. The highest BCUT2D eigenvalue weighted by molar-refractivity contribution is 9.10. The van der Waals surface area contributed by atoms with Gasteiger partial charge < -0.3 is 9.30 Å². The van der Waals surface area contributed by atoms with Crippen molar-refractivity contribution >= 4 is 26.0 Å². The predicted octanol–water partition coefficient (Wildman–Crippen LogP) is 1.76.